The maximum atomic E-state index is 9.69. The Kier molecular flexibility index (Phi) is 4.79. The molecule has 28 heavy (non-hydrogen) atoms. The molecule has 0 aliphatic heterocycles. The Hall–Kier alpha value is -4.00. The molecule has 4 aromatic rings. The summed E-state index contributed by atoms with van der Waals surface area (Å²) in [7, 11) is 1.50. The molecule has 0 amide bonds. The van der Waals surface area contributed by atoms with Crippen LogP contribution in [0.5, 0.6) is 11.5 Å². The number of methoxy groups -OCH3 is 1. The lowest BCUT2D eigenvalue weighted by Gasteiger charge is -2.08. The molecule has 0 saturated heterocycles. The van der Waals surface area contributed by atoms with Gasteiger partial charge in [-0.05, 0) is 48.0 Å². The third kappa shape index (κ3) is 3.59. The van der Waals surface area contributed by atoms with E-state index in [0.717, 1.165) is 22.0 Å². The number of rotatable bonds is 5. The summed E-state index contributed by atoms with van der Waals surface area (Å²) >= 11 is 0. The number of phenolic OH excluding ortho intramolecular Hbond substituents is 1. The van der Waals surface area contributed by atoms with Gasteiger partial charge in [-0.3, -0.25) is 10.4 Å². The molecule has 0 aliphatic carbocycles. The normalized spacial score (nSPS) is 11.0. The van der Waals surface area contributed by atoms with Crippen LogP contribution in [0.15, 0.2) is 72.1 Å². The van der Waals surface area contributed by atoms with E-state index in [2.05, 4.69) is 25.5 Å². The summed E-state index contributed by atoms with van der Waals surface area (Å²) in [5, 5.41) is 14.8. The van der Waals surface area contributed by atoms with Gasteiger partial charge in [-0.2, -0.15) is 5.10 Å². The molecule has 0 radical (unpaired) electrons. The zero-order valence-electron chi connectivity index (χ0n) is 15.1. The van der Waals surface area contributed by atoms with Crippen molar-refractivity contribution in [3.05, 3.63) is 72.6 Å². The van der Waals surface area contributed by atoms with E-state index in [1.54, 1.807) is 36.8 Å². The predicted octanol–water partition coefficient (Wildman–Crippen LogP) is 3.85. The molecule has 0 unspecified atom stereocenters. The van der Waals surface area contributed by atoms with Gasteiger partial charge in [0, 0.05) is 23.3 Å². The molecule has 2 heterocycles. The maximum Gasteiger partial charge on any atom is 0.162 e. The number of aromatic hydroxyl groups is 1. The van der Waals surface area contributed by atoms with Gasteiger partial charge in [0.1, 0.15) is 0 Å². The highest BCUT2D eigenvalue weighted by Crippen LogP contribution is 2.26. The van der Waals surface area contributed by atoms with Gasteiger partial charge in [-0.1, -0.05) is 12.1 Å². The number of nitrogens with zero attached hydrogens (tertiary/aromatic N) is 4. The molecule has 4 rings (SSSR count). The lowest BCUT2D eigenvalue weighted by molar-refractivity contribution is 0.373. The second-order valence-electron chi connectivity index (χ2n) is 5.95. The van der Waals surface area contributed by atoms with Gasteiger partial charge in [0.2, 0.25) is 0 Å². The Morgan fingerprint density at radius 2 is 1.86 bits per heavy atom. The minimum absolute atomic E-state index is 0.0800. The number of fused-ring (bicyclic) bond motifs is 1. The van der Waals surface area contributed by atoms with E-state index in [1.165, 1.54) is 7.11 Å². The van der Waals surface area contributed by atoms with Crippen LogP contribution < -0.4 is 10.2 Å². The van der Waals surface area contributed by atoms with Gasteiger partial charge in [-0.15, -0.1) is 0 Å². The van der Waals surface area contributed by atoms with Crippen molar-refractivity contribution in [2.24, 2.45) is 5.10 Å². The highest BCUT2D eigenvalue weighted by Gasteiger charge is 2.08. The van der Waals surface area contributed by atoms with Gasteiger partial charge in [-0.25, -0.2) is 9.97 Å². The molecule has 0 spiro atoms. The number of para-hydroxylation sites is 1. The summed E-state index contributed by atoms with van der Waals surface area (Å²) in [6, 6.07) is 16.4. The molecule has 0 aliphatic rings. The van der Waals surface area contributed by atoms with E-state index < -0.39 is 0 Å². The molecule has 2 aromatic heterocycles. The third-order valence-electron chi connectivity index (χ3n) is 4.13. The zero-order chi connectivity index (χ0) is 19.3. The Morgan fingerprint density at radius 3 is 2.68 bits per heavy atom. The van der Waals surface area contributed by atoms with Crippen LogP contribution in [-0.2, 0) is 0 Å². The van der Waals surface area contributed by atoms with Gasteiger partial charge >= 0.3 is 0 Å². The molecule has 0 atom stereocenters. The van der Waals surface area contributed by atoms with Crippen LogP contribution in [0.1, 0.15) is 5.56 Å². The first-order valence-electron chi connectivity index (χ1n) is 8.58. The highest BCUT2D eigenvalue weighted by atomic mass is 16.5. The van der Waals surface area contributed by atoms with Crippen LogP contribution in [-0.4, -0.2) is 33.4 Å². The maximum absolute atomic E-state index is 9.69. The van der Waals surface area contributed by atoms with E-state index in [9.17, 15) is 5.11 Å². The van der Waals surface area contributed by atoms with Gasteiger partial charge < -0.3 is 9.84 Å². The monoisotopic (exact) mass is 371 g/mol. The van der Waals surface area contributed by atoms with E-state index >= 15 is 0 Å². The standard InChI is InChI=1S/C21H17N5O2/c1-28-19-12-14(6-7-18(19)27)13-23-26-21-16-4-2-3-5-17(16)24-20(25-21)15-8-10-22-11-9-15/h2-13,27H,1H3,(H,24,25,26)/b23-13+. The summed E-state index contributed by atoms with van der Waals surface area (Å²) in [6.45, 7) is 0. The number of ether oxygens (including phenoxy) is 1. The topological polar surface area (TPSA) is 92.5 Å². The summed E-state index contributed by atoms with van der Waals surface area (Å²) in [4.78, 5) is 13.3. The van der Waals surface area contributed by atoms with Crippen molar-refractivity contribution in [3.63, 3.8) is 0 Å². The number of benzene rings is 2. The largest absolute Gasteiger partial charge is 0.504 e. The van der Waals surface area contributed by atoms with Crippen molar-refractivity contribution in [2.75, 3.05) is 12.5 Å². The van der Waals surface area contributed by atoms with Crippen molar-refractivity contribution >= 4 is 22.9 Å². The predicted molar refractivity (Wildman–Crippen MR) is 109 cm³/mol. The average molecular weight is 371 g/mol. The summed E-state index contributed by atoms with van der Waals surface area (Å²) in [6.07, 6.45) is 5.04. The number of phenols is 1. The second kappa shape index (κ2) is 7.71. The minimum atomic E-state index is 0.0800. The van der Waals surface area contributed by atoms with Gasteiger partial charge in [0.25, 0.3) is 0 Å². The molecule has 2 aromatic carbocycles. The third-order valence-corrected chi connectivity index (χ3v) is 4.13. The fourth-order valence-electron chi connectivity index (χ4n) is 2.73. The van der Waals surface area contributed by atoms with Crippen LogP contribution in [0.4, 0.5) is 5.82 Å². The van der Waals surface area contributed by atoms with E-state index in [-0.39, 0.29) is 5.75 Å². The average Bonchev–Trinajstić information content (AvgIpc) is 2.75. The Balaban J connectivity index is 1.68. The number of hydrogen-bond donors (Lipinski definition) is 2. The SMILES string of the molecule is COc1cc(/C=N/Nc2nc(-c3ccncc3)nc3ccccc23)ccc1O. The number of hydrogen-bond acceptors (Lipinski definition) is 7. The number of aromatic nitrogens is 3. The molecule has 138 valence electrons. The van der Waals surface area contributed by atoms with Crippen LogP contribution in [0.25, 0.3) is 22.3 Å². The molecular formula is C21H17N5O2. The molecule has 0 fully saturated rings. The Morgan fingerprint density at radius 1 is 1.04 bits per heavy atom. The van der Waals surface area contributed by atoms with E-state index in [0.29, 0.717) is 17.4 Å². The van der Waals surface area contributed by atoms with Crippen molar-refractivity contribution < 1.29 is 9.84 Å². The lowest BCUT2D eigenvalue weighted by Crippen LogP contribution is -1.99. The number of pyridine rings is 1. The molecule has 0 saturated carbocycles. The van der Waals surface area contributed by atoms with Crippen molar-refractivity contribution in [1.82, 2.24) is 15.0 Å². The van der Waals surface area contributed by atoms with Crippen LogP contribution in [0, 0.1) is 0 Å². The fourth-order valence-corrected chi connectivity index (χ4v) is 2.73. The minimum Gasteiger partial charge on any atom is -0.504 e. The lowest BCUT2D eigenvalue weighted by atomic mass is 10.2. The highest BCUT2D eigenvalue weighted by molar-refractivity contribution is 5.91. The smallest absolute Gasteiger partial charge is 0.162 e. The second-order valence-corrected chi connectivity index (χ2v) is 5.95. The first kappa shape index (κ1) is 17.4. The van der Waals surface area contributed by atoms with Crippen molar-refractivity contribution in [3.8, 4) is 22.9 Å². The molecule has 0 bridgehead atoms. The van der Waals surface area contributed by atoms with Gasteiger partial charge in [0.15, 0.2) is 23.1 Å². The summed E-state index contributed by atoms with van der Waals surface area (Å²) < 4.78 is 5.11. The van der Waals surface area contributed by atoms with E-state index in [4.69, 9.17) is 4.74 Å². The summed E-state index contributed by atoms with van der Waals surface area (Å²) in [5.74, 6) is 1.65. The zero-order valence-corrected chi connectivity index (χ0v) is 15.1. The Labute approximate surface area is 161 Å². The summed E-state index contributed by atoms with van der Waals surface area (Å²) in [5.41, 5.74) is 5.46. The number of anilines is 1. The molecule has 7 nitrogen and oxygen atoms in total. The van der Waals surface area contributed by atoms with Crippen LogP contribution >= 0.6 is 0 Å². The molecule has 7 heteroatoms. The number of nitrogens with one attached hydrogen (secondary N) is 1. The Bertz CT molecular complexity index is 1150. The van der Waals surface area contributed by atoms with Gasteiger partial charge in [0.05, 0.1) is 18.8 Å². The molecule has 2 N–H and O–H groups in total. The first-order valence-corrected chi connectivity index (χ1v) is 8.58. The number of hydrazone groups is 1. The van der Waals surface area contributed by atoms with Crippen molar-refractivity contribution in [1.29, 1.82) is 0 Å². The first-order chi connectivity index (χ1) is 13.7. The molecular weight excluding hydrogens is 354 g/mol. The fraction of sp³-hybridized carbons (Fsp3) is 0.0476. The quantitative estimate of drug-likeness (QED) is 0.409. The van der Waals surface area contributed by atoms with E-state index in [1.807, 2.05) is 36.4 Å². The van der Waals surface area contributed by atoms with Crippen LogP contribution in [0.3, 0.4) is 0 Å². The van der Waals surface area contributed by atoms with Crippen molar-refractivity contribution in [2.45, 2.75) is 0 Å². The van der Waals surface area contributed by atoms with Crippen LogP contribution in [0.2, 0.25) is 0 Å².